The summed E-state index contributed by atoms with van der Waals surface area (Å²) in [6, 6.07) is 8.23. The van der Waals surface area contributed by atoms with E-state index in [1.165, 1.54) is 0 Å². The summed E-state index contributed by atoms with van der Waals surface area (Å²) in [7, 11) is -2.01. The molecule has 1 aliphatic carbocycles. The van der Waals surface area contributed by atoms with E-state index in [4.69, 9.17) is 5.73 Å². The van der Waals surface area contributed by atoms with E-state index in [-0.39, 0.29) is 35.8 Å². The number of benzene rings is 2. The van der Waals surface area contributed by atoms with Crippen LogP contribution in [0.2, 0.25) is 0 Å². The third-order valence-corrected chi connectivity index (χ3v) is 6.46. The maximum Gasteiger partial charge on any atom is 0.258 e. The van der Waals surface area contributed by atoms with E-state index in [0.717, 1.165) is 18.5 Å². The predicted molar refractivity (Wildman–Crippen MR) is 99.8 cm³/mol. The Kier molecular flexibility index (Phi) is 4.53. The number of carbonyl (C=O) groups excluding carboxylic acids is 1. The van der Waals surface area contributed by atoms with Crippen molar-refractivity contribution in [1.82, 2.24) is 4.72 Å². The average molecular weight is 382 g/mol. The largest absolute Gasteiger partial charge is 0.329 e. The van der Waals surface area contributed by atoms with Gasteiger partial charge in [0.2, 0.25) is 10.0 Å². The highest BCUT2D eigenvalue weighted by molar-refractivity contribution is 7.89. The fourth-order valence-corrected chi connectivity index (χ4v) is 4.96. The summed E-state index contributed by atoms with van der Waals surface area (Å²) < 4.78 is 28.5. The van der Waals surface area contributed by atoms with Gasteiger partial charge in [-0.1, -0.05) is 12.1 Å². The highest BCUT2D eigenvalue weighted by atomic mass is 35.5. The summed E-state index contributed by atoms with van der Waals surface area (Å²) in [4.78, 5) is 14.1. The van der Waals surface area contributed by atoms with Crippen LogP contribution in [-0.2, 0) is 10.0 Å². The van der Waals surface area contributed by atoms with E-state index in [0.29, 0.717) is 22.3 Å². The number of halogens is 1. The maximum absolute atomic E-state index is 12.9. The van der Waals surface area contributed by atoms with Gasteiger partial charge in [-0.05, 0) is 37.0 Å². The third kappa shape index (κ3) is 2.81. The van der Waals surface area contributed by atoms with Gasteiger partial charge in [-0.15, -0.1) is 12.4 Å². The van der Waals surface area contributed by atoms with Gasteiger partial charge < -0.3 is 10.6 Å². The van der Waals surface area contributed by atoms with Gasteiger partial charge in [0.15, 0.2) is 0 Å². The number of nitrogens with zero attached hydrogens (tertiary/aromatic N) is 1. The SMILES string of the molecule is CN1C(=O)c2cccc3c(S(=O)(=O)NC(CN)C4CC4)ccc1c23.Cl. The minimum absolute atomic E-state index is 0. The second-order valence-electron chi connectivity index (χ2n) is 6.48. The monoisotopic (exact) mass is 381 g/mol. The van der Waals surface area contributed by atoms with Gasteiger partial charge in [-0.3, -0.25) is 4.79 Å². The van der Waals surface area contributed by atoms with Gasteiger partial charge >= 0.3 is 0 Å². The molecule has 0 radical (unpaired) electrons. The van der Waals surface area contributed by atoms with Gasteiger partial charge in [-0.2, -0.15) is 0 Å². The van der Waals surface area contributed by atoms with Crippen molar-refractivity contribution in [3.63, 3.8) is 0 Å². The zero-order valence-electron chi connectivity index (χ0n) is 13.7. The number of sulfonamides is 1. The molecule has 1 saturated carbocycles. The zero-order valence-corrected chi connectivity index (χ0v) is 15.4. The molecule has 1 aliphatic heterocycles. The molecule has 1 fully saturated rings. The number of nitrogens with one attached hydrogen (secondary N) is 1. The lowest BCUT2D eigenvalue weighted by Crippen LogP contribution is -2.41. The molecule has 1 unspecified atom stereocenters. The van der Waals surface area contributed by atoms with E-state index < -0.39 is 10.0 Å². The first-order valence-electron chi connectivity index (χ1n) is 8.00. The van der Waals surface area contributed by atoms with Crippen LogP contribution in [0.1, 0.15) is 23.2 Å². The molecular formula is C17H20ClN3O3S. The number of carbonyl (C=O) groups is 1. The summed E-state index contributed by atoms with van der Waals surface area (Å²) in [6.07, 6.45) is 2.01. The first kappa shape index (κ1) is 18.1. The molecule has 1 atom stereocenters. The molecule has 134 valence electrons. The van der Waals surface area contributed by atoms with Crippen LogP contribution in [0.3, 0.4) is 0 Å². The Morgan fingerprint density at radius 3 is 2.64 bits per heavy atom. The van der Waals surface area contributed by atoms with Crippen molar-refractivity contribution in [3.8, 4) is 0 Å². The Hall–Kier alpha value is -1.67. The lowest BCUT2D eigenvalue weighted by molar-refractivity contribution is 0.0999. The molecular weight excluding hydrogens is 362 g/mol. The molecule has 0 bridgehead atoms. The minimum atomic E-state index is -3.70. The van der Waals surface area contributed by atoms with Crippen LogP contribution in [0, 0.1) is 5.92 Å². The summed E-state index contributed by atoms with van der Waals surface area (Å²) in [5, 5.41) is 1.27. The minimum Gasteiger partial charge on any atom is -0.329 e. The van der Waals surface area contributed by atoms with E-state index >= 15 is 0 Å². The Balaban J connectivity index is 0.00000182. The molecule has 25 heavy (non-hydrogen) atoms. The Bertz CT molecular complexity index is 957. The third-order valence-electron chi connectivity index (χ3n) is 4.92. The topological polar surface area (TPSA) is 92.5 Å². The highest BCUT2D eigenvalue weighted by Crippen LogP contribution is 2.39. The van der Waals surface area contributed by atoms with Crippen LogP contribution in [-0.4, -0.2) is 34.0 Å². The van der Waals surface area contributed by atoms with E-state index in [1.54, 1.807) is 42.3 Å². The van der Waals surface area contributed by atoms with Crippen LogP contribution < -0.4 is 15.4 Å². The van der Waals surface area contributed by atoms with Crippen molar-refractivity contribution < 1.29 is 13.2 Å². The fourth-order valence-electron chi connectivity index (χ4n) is 3.44. The molecule has 6 nitrogen and oxygen atoms in total. The van der Waals surface area contributed by atoms with Crippen molar-refractivity contribution in [2.45, 2.75) is 23.8 Å². The van der Waals surface area contributed by atoms with E-state index in [9.17, 15) is 13.2 Å². The highest BCUT2D eigenvalue weighted by Gasteiger charge is 2.35. The number of hydrogen-bond acceptors (Lipinski definition) is 4. The molecule has 3 N–H and O–H groups in total. The Morgan fingerprint density at radius 2 is 2.00 bits per heavy atom. The number of amides is 1. The summed E-state index contributed by atoms with van der Waals surface area (Å²) in [6.45, 7) is 0.284. The normalized spacial score (nSPS) is 17.7. The predicted octanol–water partition coefficient (Wildman–Crippen LogP) is 1.87. The second-order valence-corrected chi connectivity index (χ2v) is 8.16. The first-order valence-corrected chi connectivity index (χ1v) is 9.48. The van der Waals surface area contributed by atoms with Crippen LogP contribution >= 0.6 is 12.4 Å². The van der Waals surface area contributed by atoms with Gasteiger partial charge in [0, 0.05) is 36.0 Å². The molecule has 8 heteroatoms. The Labute approximate surface area is 152 Å². The smallest absolute Gasteiger partial charge is 0.258 e. The number of nitrogens with two attached hydrogens (primary N) is 1. The van der Waals surface area contributed by atoms with Gasteiger partial charge in [0.25, 0.3) is 5.91 Å². The van der Waals surface area contributed by atoms with E-state index in [1.807, 2.05) is 0 Å². The molecule has 2 aromatic carbocycles. The summed E-state index contributed by atoms with van der Waals surface area (Å²) >= 11 is 0. The van der Waals surface area contributed by atoms with Crippen LogP contribution in [0.25, 0.3) is 10.8 Å². The van der Waals surface area contributed by atoms with Crippen LogP contribution in [0.4, 0.5) is 5.69 Å². The van der Waals surface area contributed by atoms with Gasteiger partial charge in [-0.25, -0.2) is 13.1 Å². The molecule has 0 aromatic heterocycles. The van der Waals surface area contributed by atoms with Crippen molar-refractivity contribution in [2.24, 2.45) is 11.7 Å². The number of rotatable bonds is 5. The molecule has 2 aromatic rings. The molecule has 0 spiro atoms. The summed E-state index contributed by atoms with van der Waals surface area (Å²) in [5.41, 5.74) is 7.01. The van der Waals surface area contributed by atoms with Crippen molar-refractivity contribution >= 4 is 44.8 Å². The average Bonchev–Trinajstić information content (AvgIpc) is 3.38. The zero-order chi connectivity index (χ0) is 17.1. The number of anilines is 1. The molecule has 4 rings (SSSR count). The maximum atomic E-state index is 12.9. The molecule has 0 saturated heterocycles. The summed E-state index contributed by atoms with van der Waals surface area (Å²) in [5.74, 6) is 0.213. The first-order chi connectivity index (χ1) is 11.4. The molecule has 1 heterocycles. The lowest BCUT2D eigenvalue weighted by Gasteiger charge is -2.18. The van der Waals surface area contributed by atoms with Crippen LogP contribution in [0.15, 0.2) is 35.2 Å². The van der Waals surface area contributed by atoms with Crippen molar-refractivity contribution in [1.29, 1.82) is 0 Å². The number of hydrogen-bond donors (Lipinski definition) is 2. The second kappa shape index (κ2) is 6.25. The van der Waals surface area contributed by atoms with Crippen molar-refractivity contribution in [3.05, 3.63) is 35.9 Å². The van der Waals surface area contributed by atoms with Gasteiger partial charge in [0.05, 0.1) is 10.6 Å². The molecule has 2 aliphatic rings. The lowest BCUT2D eigenvalue weighted by atomic mass is 10.1. The van der Waals surface area contributed by atoms with Crippen molar-refractivity contribution in [2.75, 3.05) is 18.5 Å². The fraction of sp³-hybridized carbons (Fsp3) is 0.353. The van der Waals surface area contributed by atoms with E-state index in [2.05, 4.69) is 4.72 Å². The quantitative estimate of drug-likeness (QED) is 0.826. The Morgan fingerprint density at radius 1 is 1.28 bits per heavy atom. The standard InChI is InChI=1S/C17H19N3O3S.ClH/c1-20-14-7-8-15(11-3-2-4-12(16(11)14)17(20)21)24(22,23)19-13(9-18)10-5-6-10;/h2-4,7-8,10,13,19H,5-6,9,18H2,1H3;1H. The van der Waals surface area contributed by atoms with Crippen LogP contribution in [0.5, 0.6) is 0 Å². The molecule has 1 amide bonds. The van der Waals surface area contributed by atoms with Gasteiger partial charge in [0.1, 0.15) is 0 Å².